The first-order valence-corrected chi connectivity index (χ1v) is 16.5. The quantitative estimate of drug-likeness (QED) is 0.358. The van der Waals surface area contributed by atoms with Gasteiger partial charge in [-0.15, -0.1) is 0 Å². The number of carbonyl (C=O) groups excluding carboxylic acids is 2. The molecule has 13 heteroatoms. The van der Waals surface area contributed by atoms with E-state index in [1.54, 1.807) is 4.90 Å². The highest BCUT2D eigenvalue weighted by molar-refractivity contribution is 6.33. The molecule has 0 aliphatic carbocycles. The van der Waals surface area contributed by atoms with Crippen LogP contribution in [-0.2, 0) is 32.5 Å². The average Bonchev–Trinajstić information content (AvgIpc) is 3.05. The summed E-state index contributed by atoms with van der Waals surface area (Å²) in [4.78, 5) is 32.6. The van der Waals surface area contributed by atoms with E-state index in [9.17, 15) is 22.8 Å². The van der Waals surface area contributed by atoms with Crippen molar-refractivity contribution in [3.63, 3.8) is 0 Å². The van der Waals surface area contributed by atoms with E-state index >= 15 is 0 Å². The van der Waals surface area contributed by atoms with Gasteiger partial charge in [-0.25, -0.2) is 4.79 Å². The summed E-state index contributed by atoms with van der Waals surface area (Å²) >= 11 is 6.13. The van der Waals surface area contributed by atoms with Crippen LogP contribution < -0.4 is 11.1 Å². The lowest BCUT2D eigenvalue weighted by Gasteiger charge is -2.44. The summed E-state index contributed by atoms with van der Waals surface area (Å²) in [7, 11) is 0. The van der Waals surface area contributed by atoms with Crippen LogP contribution in [0.1, 0.15) is 61.6 Å². The first-order chi connectivity index (χ1) is 22.0. The Morgan fingerprint density at radius 2 is 1.76 bits per heavy atom. The predicted octanol–water partition coefficient (Wildman–Crippen LogP) is 5.86. The normalized spacial score (nSPS) is 21.8. The molecule has 2 aromatic rings. The van der Waals surface area contributed by atoms with E-state index in [4.69, 9.17) is 26.8 Å². The van der Waals surface area contributed by atoms with Gasteiger partial charge in [-0.1, -0.05) is 36.2 Å². The molecule has 2 aromatic carbocycles. The minimum Gasteiger partial charge on any atom is -0.438 e. The molecule has 1 atom stereocenters. The number of piperidine rings is 3. The summed E-state index contributed by atoms with van der Waals surface area (Å²) in [5.41, 5.74) is 5.24. The molecule has 0 unspecified atom stereocenters. The van der Waals surface area contributed by atoms with Gasteiger partial charge in [-0.3, -0.25) is 15.0 Å². The second kappa shape index (κ2) is 13.6. The molecular weight excluding hydrogens is 623 g/mol. The highest BCUT2D eigenvalue weighted by atomic mass is 35.5. The Bertz CT molecular complexity index is 1420. The molecule has 0 bridgehead atoms. The Labute approximate surface area is 272 Å². The summed E-state index contributed by atoms with van der Waals surface area (Å²) in [6, 6.07) is 10.4. The Hall–Kier alpha value is -3.06. The third-order valence-electron chi connectivity index (χ3n) is 9.94. The van der Waals surface area contributed by atoms with Crippen molar-refractivity contribution in [1.29, 1.82) is 0 Å². The van der Waals surface area contributed by atoms with Gasteiger partial charge in [-0.05, 0) is 62.5 Å². The van der Waals surface area contributed by atoms with Crippen molar-refractivity contribution in [2.45, 2.75) is 75.3 Å². The van der Waals surface area contributed by atoms with E-state index in [1.807, 2.05) is 29.2 Å². The van der Waals surface area contributed by atoms with Gasteiger partial charge in [0, 0.05) is 57.0 Å². The number of hydrogen-bond acceptors (Lipinski definition) is 7. The molecule has 1 spiro atoms. The zero-order chi connectivity index (χ0) is 32.5. The van der Waals surface area contributed by atoms with Crippen molar-refractivity contribution in [3.8, 4) is 0 Å². The molecule has 4 aliphatic heterocycles. The summed E-state index contributed by atoms with van der Waals surface area (Å²) in [6.45, 7) is 4.48. The Morgan fingerprint density at radius 3 is 2.46 bits per heavy atom. The van der Waals surface area contributed by atoms with Gasteiger partial charge >= 0.3 is 12.3 Å². The lowest BCUT2D eigenvalue weighted by Crippen LogP contribution is -2.52. The van der Waals surface area contributed by atoms with Crippen LogP contribution in [0, 0.1) is 0 Å². The number of nitrogens with zero attached hydrogens (tertiary/aromatic N) is 3. The number of halogens is 4. The number of nitrogens with two attached hydrogens (primary N) is 1. The smallest absolute Gasteiger partial charge is 0.418 e. The van der Waals surface area contributed by atoms with Crippen LogP contribution in [0.5, 0.6) is 0 Å². The maximum absolute atomic E-state index is 13.9. The largest absolute Gasteiger partial charge is 0.438 e. The molecule has 0 saturated carbocycles. The minimum absolute atomic E-state index is 0.0810. The number of rotatable bonds is 7. The van der Waals surface area contributed by atoms with Gasteiger partial charge < -0.3 is 25.0 Å². The molecule has 6 rings (SSSR count). The number of fused-ring (bicyclic) bond motifs is 2. The van der Waals surface area contributed by atoms with Crippen molar-refractivity contribution in [1.82, 2.24) is 14.7 Å². The number of anilines is 2. The number of nitrogens with one attached hydrogen (secondary N) is 1. The number of likely N-dealkylation sites (tertiary alicyclic amines) is 3. The SMILES string of the molecule is Nc1c(Cl)cc(C[C@@H](OCN2CCC3(CC2)OC(=O)Nc2ccccc23)C(=O)N2CCC(N3CCCCC3)CC2)cc1C(F)(F)F. The van der Waals surface area contributed by atoms with E-state index in [-0.39, 0.29) is 29.6 Å². The number of nitrogen functional groups attached to an aromatic ring is 1. The number of ether oxygens (including phenoxy) is 2. The first-order valence-electron chi connectivity index (χ1n) is 16.1. The second-order valence-electron chi connectivity index (χ2n) is 12.9. The van der Waals surface area contributed by atoms with E-state index < -0.39 is 35.2 Å². The lowest BCUT2D eigenvalue weighted by molar-refractivity contribution is -0.150. The van der Waals surface area contributed by atoms with Crippen LogP contribution in [0.4, 0.5) is 29.3 Å². The van der Waals surface area contributed by atoms with Gasteiger partial charge in [0.15, 0.2) is 0 Å². The number of amides is 2. The molecule has 46 heavy (non-hydrogen) atoms. The molecule has 4 heterocycles. The third kappa shape index (κ3) is 7.10. The average molecular weight is 664 g/mol. The van der Waals surface area contributed by atoms with Gasteiger partial charge in [0.05, 0.1) is 22.0 Å². The minimum atomic E-state index is -4.69. The van der Waals surface area contributed by atoms with Gasteiger partial charge in [0.25, 0.3) is 5.91 Å². The van der Waals surface area contributed by atoms with Crippen LogP contribution in [-0.4, -0.2) is 84.8 Å². The second-order valence-corrected chi connectivity index (χ2v) is 13.3. The fourth-order valence-electron chi connectivity index (χ4n) is 7.36. The number of benzene rings is 2. The lowest BCUT2D eigenvalue weighted by atomic mass is 9.82. The van der Waals surface area contributed by atoms with E-state index in [1.165, 1.54) is 25.3 Å². The Kier molecular flexibility index (Phi) is 9.70. The zero-order valence-electron chi connectivity index (χ0n) is 25.8. The first kappa shape index (κ1) is 32.9. The van der Waals surface area contributed by atoms with Crippen molar-refractivity contribution >= 4 is 35.0 Å². The van der Waals surface area contributed by atoms with Crippen molar-refractivity contribution in [2.75, 3.05) is 57.0 Å². The van der Waals surface area contributed by atoms with Crippen LogP contribution in [0.3, 0.4) is 0 Å². The van der Waals surface area contributed by atoms with E-state index in [0.717, 1.165) is 43.2 Å². The monoisotopic (exact) mass is 663 g/mol. The van der Waals surface area contributed by atoms with Crippen LogP contribution >= 0.6 is 11.6 Å². The summed E-state index contributed by atoms with van der Waals surface area (Å²) in [5.74, 6) is -0.242. The molecular formula is C33H41ClF3N5O4. The van der Waals surface area contributed by atoms with Gasteiger partial charge in [0.1, 0.15) is 18.4 Å². The molecule has 2 amide bonds. The highest BCUT2D eigenvalue weighted by Crippen LogP contribution is 2.43. The van der Waals surface area contributed by atoms with Gasteiger partial charge in [0.2, 0.25) is 0 Å². The van der Waals surface area contributed by atoms with E-state index in [2.05, 4.69) is 10.2 Å². The number of para-hydroxylation sites is 1. The zero-order valence-corrected chi connectivity index (χ0v) is 26.5. The topological polar surface area (TPSA) is 100 Å². The Balaban J connectivity index is 1.15. The Morgan fingerprint density at radius 1 is 1.07 bits per heavy atom. The van der Waals surface area contributed by atoms with Crippen LogP contribution in [0.25, 0.3) is 0 Å². The third-order valence-corrected chi connectivity index (χ3v) is 10.3. The van der Waals surface area contributed by atoms with Crippen LogP contribution in [0.2, 0.25) is 5.02 Å². The molecule has 3 saturated heterocycles. The van der Waals surface area contributed by atoms with Crippen LogP contribution in [0.15, 0.2) is 36.4 Å². The highest BCUT2D eigenvalue weighted by Gasteiger charge is 2.44. The predicted molar refractivity (Wildman–Crippen MR) is 168 cm³/mol. The summed E-state index contributed by atoms with van der Waals surface area (Å²) in [5, 5.41) is 2.55. The van der Waals surface area contributed by atoms with Gasteiger partial charge in [-0.2, -0.15) is 13.2 Å². The molecule has 4 aliphatic rings. The van der Waals surface area contributed by atoms with Crippen molar-refractivity contribution in [2.24, 2.45) is 0 Å². The fourth-order valence-corrected chi connectivity index (χ4v) is 7.61. The number of hydrogen-bond donors (Lipinski definition) is 2. The molecule has 0 radical (unpaired) electrons. The maximum atomic E-state index is 13.9. The maximum Gasteiger partial charge on any atom is 0.418 e. The van der Waals surface area contributed by atoms with Crippen molar-refractivity contribution in [3.05, 3.63) is 58.1 Å². The standard InChI is InChI=1S/C33H41ClF3N5O4/c34-26-19-22(18-25(29(26)38)33(35,36)37)20-28(30(43)42-14-8-23(9-15-42)41-12-4-1-5-13-41)45-21-40-16-10-32(11-17-40)24-6-2-3-7-27(24)39-31(44)46-32/h2-3,6-7,18-19,23,28H,1,4-5,8-17,20-21,38H2,(H,39,44)/t28-/m1/s1. The van der Waals surface area contributed by atoms with E-state index in [0.29, 0.717) is 45.1 Å². The van der Waals surface area contributed by atoms with Crippen molar-refractivity contribution < 1.29 is 32.2 Å². The fraction of sp³-hybridized carbons (Fsp3) is 0.576. The summed E-state index contributed by atoms with van der Waals surface area (Å²) < 4.78 is 53.3. The molecule has 3 fully saturated rings. The summed E-state index contributed by atoms with van der Waals surface area (Å²) in [6.07, 6.45) is 0.151. The molecule has 9 nitrogen and oxygen atoms in total. The molecule has 0 aromatic heterocycles. The number of alkyl halides is 3. The molecule has 250 valence electrons. The number of carbonyl (C=O) groups is 2. The molecule has 3 N–H and O–H groups in total.